The van der Waals surface area contributed by atoms with Crippen molar-refractivity contribution in [2.75, 3.05) is 0 Å². The summed E-state index contributed by atoms with van der Waals surface area (Å²) in [5.74, 6) is -3.30. The molecular formula is C16H15NO5S2. The third-order valence-corrected chi connectivity index (χ3v) is 4.80. The third kappa shape index (κ3) is 4.01. The van der Waals surface area contributed by atoms with Gasteiger partial charge in [0.25, 0.3) is 5.91 Å². The molecule has 1 aliphatic heterocycles. The number of hydrogen-bond acceptors (Lipinski definition) is 5. The molecule has 1 fully saturated rings. The van der Waals surface area contributed by atoms with Crippen LogP contribution in [0.15, 0.2) is 29.2 Å². The Kier molecular flexibility index (Phi) is 5.74. The van der Waals surface area contributed by atoms with Crippen LogP contribution < -0.4 is 0 Å². The van der Waals surface area contributed by atoms with Gasteiger partial charge in [-0.05, 0) is 23.6 Å². The van der Waals surface area contributed by atoms with E-state index < -0.39 is 30.3 Å². The van der Waals surface area contributed by atoms with Crippen LogP contribution in [0.25, 0.3) is 6.08 Å². The average Bonchev–Trinajstić information content (AvgIpc) is 2.79. The fourth-order valence-electron chi connectivity index (χ4n) is 2.20. The molecule has 1 aromatic rings. The van der Waals surface area contributed by atoms with Crippen LogP contribution in [-0.2, 0) is 20.8 Å². The van der Waals surface area contributed by atoms with Crippen LogP contribution in [0.4, 0.5) is 0 Å². The largest absolute Gasteiger partial charge is 0.481 e. The van der Waals surface area contributed by atoms with Crippen molar-refractivity contribution in [1.82, 2.24) is 4.90 Å². The Bertz CT molecular complexity index is 726. The molecule has 0 aliphatic carbocycles. The van der Waals surface area contributed by atoms with Gasteiger partial charge in [-0.1, -0.05) is 55.2 Å². The van der Waals surface area contributed by atoms with E-state index in [2.05, 4.69) is 0 Å². The van der Waals surface area contributed by atoms with Gasteiger partial charge in [0.15, 0.2) is 0 Å². The number of aliphatic carboxylic acids is 2. The summed E-state index contributed by atoms with van der Waals surface area (Å²) in [6.45, 7) is 2.04. The summed E-state index contributed by atoms with van der Waals surface area (Å²) in [6.07, 6.45) is 1.82. The van der Waals surface area contributed by atoms with E-state index in [1.807, 2.05) is 31.2 Å². The van der Waals surface area contributed by atoms with Gasteiger partial charge in [0.2, 0.25) is 0 Å². The molecule has 1 atom stereocenters. The van der Waals surface area contributed by atoms with Gasteiger partial charge in [0.1, 0.15) is 10.4 Å². The smallest absolute Gasteiger partial charge is 0.327 e. The van der Waals surface area contributed by atoms with Crippen molar-refractivity contribution >= 4 is 52.2 Å². The minimum absolute atomic E-state index is 0.0464. The van der Waals surface area contributed by atoms with Crippen LogP contribution in [-0.4, -0.2) is 43.3 Å². The first-order chi connectivity index (χ1) is 11.3. The normalized spacial score (nSPS) is 17.4. The van der Waals surface area contributed by atoms with Gasteiger partial charge < -0.3 is 10.2 Å². The molecule has 0 spiro atoms. The van der Waals surface area contributed by atoms with Crippen LogP contribution in [0.2, 0.25) is 0 Å². The standard InChI is InChI=1S/C16H15NO5S2/c1-2-9-3-5-10(6-4-9)7-12-14(20)17(16(23)24-12)11(15(21)22)8-13(18)19/h3-7,11H,2,8H2,1H3,(H,18,19)(H,21,22)/b12-7+/t11-/m0/s1. The molecule has 1 amide bonds. The maximum absolute atomic E-state index is 12.5. The summed E-state index contributed by atoms with van der Waals surface area (Å²) < 4.78 is 0.0464. The van der Waals surface area contributed by atoms with Gasteiger partial charge in [-0.25, -0.2) is 4.79 Å². The number of rotatable bonds is 6. The lowest BCUT2D eigenvalue weighted by Crippen LogP contribution is -2.45. The van der Waals surface area contributed by atoms with Crippen molar-refractivity contribution in [1.29, 1.82) is 0 Å². The van der Waals surface area contributed by atoms with Crippen molar-refractivity contribution in [3.63, 3.8) is 0 Å². The van der Waals surface area contributed by atoms with Crippen molar-refractivity contribution in [2.24, 2.45) is 0 Å². The molecule has 1 aromatic carbocycles. The van der Waals surface area contributed by atoms with E-state index in [4.69, 9.17) is 17.3 Å². The van der Waals surface area contributed by atoms with Gasteiger partial charge in [-0.3, -0.25) is 14.5 Å². The topological polar surface area (TPSA) is 94.9 Å². The fraction of sp³-hybridized carbons (Fsp3) is 0.250. The van der Waals surface area contributed by atoms with Gasteiger partial charge in [-0.15, -0.1) is 0 Å². The molecular weight excluding hydrogens is 350 g/mol. The van der Waals surface area contributed by atoms with Crippen LogP contribution in [0, 0.1) is 0 Å². The highest BCUT2D eigenvalue weighted by Crippen LogP contribution is 2.34. The number of carbonyl (C=O) groups excluding carboxylic acids is 1. The van der Waals surface area contributed by atoms with Gasteiger partial charge in [-0.2, -0.15) is 0 Å². The predicted molar refractivity (Wildman–Crippen MR) is 94.5 cm³/mol. The van der Waals surface area contributed by atoms with Crippen LogP contribution >= 0.6 is 24.0 Å². The van der Waals surface area contributed by atoms with Gasteiger partial charge >= 0.3 is 11.9 Å². The minimum atomic E-state index is -1.51. The van der Waals surface area contributed by atoms with Crippen molar-refractivity contribution in [3.8, 4) is 0 Å². The lowest BCUT2D eigenvalue weighted by Gasteiger charge is -2.21. The molecule has 0 radical (unpaired) electrons. The molecule has 126 valence electrons. The minimum Gasteiger partial charge on any atom is -0.481 e. The third-order valence-electron chi connectivity index (χ3n) is 3.47. The van der Waals surface area contributed by atoms with Crippen molar-refractivity contribution in [2.45, 2.75) is 25.8 Å². The lowest BCUT2D eigenvalue weighted by atomic mass is 10.1. The van der Waals surface area contributed by atoms with Crippen molar-refractivity contribution in [3.05, 3.63) is 40.3 Å². The van der Waals surface area contributed by atoms with E-state index >= 15 is 0 Å². The van der Waals surface area contributed by atoms with E-state index in [0.29, 0.717) is 0 Å². The first kappa shape index (κ1) is 18.2. The summed E-state index contributed by atoms with van der Waals surface area (Å²) in [5.41, 5.74) is 1.95. The molecule has 2 rings (SSSR count). The monoisotopic (exact) mass is 365 g/mol. The predicted octanol–water partition coefficient (Wildman–Crippen LogP) is 2.38. The summed E-state index contributed by atoms with van der Waals surface area (Å²) in [6, 6.07) is 6.09. The maximum atomic E-state index is 12.5. The molecule has 0 saturated carbocycles. The fourth-order valence-corrected chi connectivity index (χ4v) is 3.56. The van der Waals surface area contributed by atoms with E-state index in [1.165, 1.54) is 0 Å². The Morgan fingerprint density at radius 2 is 1.92 bits per heavy atom. The first-order valence-electron chi connectivity index (χ1n) is 7.14. The van der Waals surface area contributed by atoms with E-state index in [0.717, 1.165) is 34.2 Å². The van der Waals surface area contributed by atoms with Crippen LogP contribution in [0.5, 0.6) is 0 Å². The molecule has 24 heavy (non-hydrogen) atoms. The van der Waals surface area contributed by atoms with Crippen molar-refractivity contribution < 1.29 is 24.6 Å². The maximum Gasteiger partial charge on any atom is 0.327 e. The van der Waals surface area contributed by atoms with E-state index in [9.17, 15) is 19.5 Å². The highest BCUT2D eigenvalue weighted by atomic mass is 32.2. The Balaban J connectivity index is 2.27. The number of nitrogens with zero attached hydrogens (tertiary/aromatic N) is 1. The number of hydrogen-bond donors (Lipinski definition) is 2. The number of carboxylic acids is 2. The van der Waals surface area contributed by atoms with Crippen LogP contribution in [0.1, 0.15) is 24.5 Å². The first-order valence-corrected chi connectivity index (χ1v) is 8.36. The summed E-state index contributed by atoms with van der Waals surface area (Å²) in [4.78, 5) is 35.8. The quantitative estimate of drug-likeness (QED) is 0.590. The summed E-state index contributed by atoms with van der Waals surface area (Å²) in [7, 11) is 0. The summed E-state index contributed by atoms with van der Waals surface area (Å²) in [5, 5.41) is 18.1. The number of thiocarbonyl (C=S) groups is 1. The number of carboxylic acid groups (broad SMARTS) is 2. The second kappa shape index (κ2) is 7.59. The molecule has 1 saturated heterocycles. The highest BCUT2D eigenvalue weighted by Gasteiger charge is 2.41. The summed E-state index contributed by atoms with van der Waals surface area (Å²) >= 11 is 6.04. The van der Waals surface area contributed by atoms with E-state index in [-0.39, 0.29) is 9.23 Å². The molecule has 0 bridgehead atoms. The van der Waals surface area contributed by atoms with Gasteiger partial charge in [0.05, 0.1) is 11.3 Å². The average molecular weight is 365 g/mol. The number of carbonyl (C=O) groups is 3. The highest BCUT2D eigenvalue weighted by molar-refractivity contribution is 8.26. The zero-order valence-corrected chi connectivity index (χ0v) is 14.4. The molecule has 1 aliphatic rings. The second-order valence-electron chi connectivity index (χ2n) is 5.10. The van der Waals surface area contributed by atoms with E-state index in [1.54, 1.807) is 6.08 Å². The SMILES string of the molecule is CCc1ccc(/C=C2/SC(=S)N([C@@H](CC(=O)O)C(=O)O)C2=O)cc1. The number of benzene rings is 1. The van der Waals surface area contributed by atoms with Gasteiger partial charge in [0, 0.05) is 0 Å². The molecule has 0 aromatic heterocycles. The molecule has 1 heterocycles. The Morgan fingerprint density at radius 1 is 1.29 bits per heavy atom. The molecule has 6 nitrogen and oxygen atoms in total. The second-order valence-corrected chi connectivity index (χ2v) is 6.77. The molecule has 2 N–H and O–H groups in total. The lowest BCUT2D eigenvalue weighted by molar-refractivity contribution is -0.150. The molecule has 8 heteroatoms. The zero-order valence-electron chi connectivity index (χ0n) is 12.8. The Hall–Kier alpha value is -2.19. The number of thioether (sulfide) groups is 1. The Labute approximate surface area is 148 Å². The number of amides is 1. The van der Waals surface area contributed by atoms with Crippen LogP contribution in [0.3, 0.4) is 0 Å². The number of aryl methyl sites for hydroxylation is 1. The zero-order chi connectivity index (χ0) is 17.9. The molecule has 0 unspecified atom stereocenters. The Morgan fingerprint density at radius 3 is 2.42 bits per heavy atom.